The van der Waals surface area contributed by atoms with Gasteiger partial charge in [-0.15, -0.1) is 0 Å². The summed E-state index contributed by atoms with van der Waals surface area (Å²) < 4.78 is 6.11. The third-order valence-corrected chi connectivity index (χ3v) is 5.56. The number of aromatic amines is 1. The average Bonchev–Trinajstić information content (AvgIpc) is 2.79. The van der Waals surface area contributed by atoms with Crippen LogP contribution < -0.4 is 10.7 Å². The van der Waals surface area contributed by atoms with Gasteiger partial charge in [0.15, 0.2) is 0 Å². The minimum Gasteiger partial charge on any atom is -0.393 e. The molecule has 3 unspecified atom stereocenters. The Morgan fingerprint density at radius 2 is 2.03 bits per heavy atom. The zero-order valence-corrected chi connectivity index (χ0v) is 17.2. The van der Waals surface area contributed by atoms with Gasteiger partial charge in [-0.05, 0) is 24.5 Å². The fourth-order valence-electron chi connectivity index (χ4n) is 3.92. The lowest BCUT2D eigenvalue weighted by atomic mass is 9.95. The maximum Gasteiger partial charge on any atom is 0.261 e. The van der Waals surface area contributed by atoms with Crippen LogP contribution in [0.3, 0.4) is 0 Å². The predicted octanol–water partition coefficient (Wildman–Crippen LogP) is 3.68. The van der Waals surface area contributed by atoms with Crippen molar-refractivity contribution in [2.75, 3.05) is 5.32 Å². The van der Waals surface area contributed by atoms with Crippen LogP contribution in [0.15, 0.2) is 66.0 Å². The fourth-order valence-corrected chi connectivity index (χ4v) is 3.92. The Morgan fingerprint density at radius 1 is 1.23 bits per heavy atom. The Balaban J connectivity index is 1.61. The van der Waals surface area contributed by atoms with E-state index in [1.54, 1.807) is 18.5 Å². The van der Waals surface area contributed by atoms with Crippen molar-refractivity contribution in [3.8, 4) is 11.1 Å². The minimum absolute atomic E-state index is 0.00666. The number of ether oxygens (including phenoxy) is 1. The summed E-state index contributed by atoms with van der Waals surface area (Å²) in [4.78, 5) is 33.0. The lowest BCUT2D eigenvalue weighted by Crippen LogP contribution is -2.31. The monoisotopic (exact) mass is 419 g/mol. The van der Waals surface area contributed by atoms with Gasteiger partial charge in [-0.25, -0.2) is 0 Å². The van der Waals surface area contributed by atoms with Crippen LogP contribution in [0.1, 0.15) is 48.2 Å². The highest BCUT2D eigenvalue weighted by Crippen LogP contribution is 2.35. The van der Waals surface area contributed by atoms with Gasteiger partial charge in [0.1, 0.15) is 5.56 Å². The van der Waals surface area contributed by atoms with Crippen molar-refractivity contribution in [2.45, 2.75) is 44.5 Å². The number of nitrogens with zero attached hydrogens (tertiary/aromatic N) is 1. The second-order valence-corrected chi connectivity index (χ2v) is 7.68. The van der Waals surface area contributed by atoms with E-state index in [1.165, 1.54) is 12.4 Å². The molecule has 4 rings (SSSR count). The van der Waals surface area contributed by atoms with Crippen LogP contribution in [-0.4, -0.2) is 33.2 Å². The molecule has 1 aromatic carbocycles. The van der Waals surface area contributed by atoms with Crippen molar-refractivity contribution < 1.29 is 14.6 Å². The highest BCUT2D eigenvalue weighted by Gasteiger charge is 2.30. The average molecular weight is 419 g/mol. The number of carbonyl (C=O) groups excluding carboxylic acids is 1. The van der Waals surface area contributed by atoms with Crippen molar-refractivity contribution in [3.05, 3.63) is 82.5 Å². The highest BCUT2D eigenvalue weighted by molar-refractivity contribution is 6.05. The molecule has 7 nitrogen and oxygen atoms in total. The number of carbonyl (C=O) groups is 1. The van der Waals surface area contributed by atoms with Crippen LogP contribution in [0.2, 0.25) is 0 Å². The van der Waals surface area contributed by atoms with E-state index in [9.17, 15) is 14.7 Å². The molecule has 3 aromatic rings. The smallest absolute Gasteiger partial charge is 0.261 e. The van der Waals surface area contributed by atoms with Crippen LogP contribution in [0.4, 0.5) is 5.69 Å². The summed E-state index contributed by atoms with van der Waals surface area (Å²) in [6.07, 6.45) is 7.10. The Morgan fingerprint density at radius 3 is 2.81 bits per heavy atom. The molecular formula is C24H25N3O4. The Bertz CT molecular complexity index is 1110. The number of aliphatic hydroxyl groups is 1. The number of anilines is 1. The van der Waals surface area contributed by atoms with Gasteiger partial charge in [0, 0.05) is 36.1 Å². The number of rotatable bonds is 5. The molecular weight excluding hydrogens is 394 g/mol. The molecule has 3 N–H and O–H groups in total. The SMILES string of the molecule is CCC1CC(O)CC(c2ccncc2NC(=O)c2c[nH]cc(-c3ccccc3)c2=O)O1. The number of aromatic nitrogens is 2. The number of aliphatic hydroxyl groups excluding tert-OH is 1. The van der Waals surface area contributed by atoms with Crippen LogP contribution in [0.5, 0.6) is 0 Å². The summed E-state index contributed by atoms with van der Waals surface area (Å²) in [6.45, 7) is 2.01. The predicted molar refractivity (Wildman–Crippen MR) is 118 cm³/mol. The summed E-state index contributed by atoms with van der Waals surface area (Å²) in [5, 5.41) is 13.0. The molecule has 1 fully saturated rings. The highest BCUT2D eigenvalue weighted by atomic mass is 16.5. The number of amides is 1. The maximum atomic E-state index is 13.0. The zero-order chi connectivity index (χ0) is 21.8. The third-order valence-electron chi connectivity index (χ3n) is 5.56. The number of hydrogen-bond acceptors (Lipinski definition) is 5. The number of H-pyrrole nitrogens is 1. The summed E-state index contributed by atoms with van der Waals surface area (Å²) in [5.41, 5.74) is 2.00. The molecule has 1 saturated heterocycles. The van der Waals surface area contributed by atoms with E-state index in [-0.39, 0.29) is 23.2 Å². The molecule has 3 heterocycles. The number of pyridine rings is 2. The van der Waals surface area contributed by atoms with Crippen molar-refractivity contribution in [3.63, 3.8) is 0 Å². The molecule has 7 heteroatoms. The van der Waals surface area contributed by atoms with Gasteiger partial charge in [-0.2, -0.15) is 0 Å². The molecule has 0 bridgehead atoms. The van der Waals surface area contributed by atoms with E-state index in [1.807, 2.05) is 37.3 Å². The van der Waals surface area contributed by atoms with Crippen molar-refractivity contribution in [1.29, 1.82) is 0 Å². The molecule has 1 aliphatic rings. The summed E-state index contributed by atoms with van der Waals surface area (Å²) in [6, 6.07) is 11.0. The first-order valence-corrected chi connectivity index (χ1v) is 10.4. The van der Waals surface area contributed by atoms with E-state index in [4.69, 9.17) is 4.74 Å². The largest absolute Gasteiger partial charge is 0.393 e. The van der Waals surface area contributed by atoms with E-state index in [0.717, 1.165) is 17.5 Å². The first-order valence-electron chi connectivity index (χ1n) is 10.4. The van der Waals surface area contributed by atoms with Crippen molar-refractivity contribution in [2.24, 2.45) is 0 Å². The van der Waals surface area contributed by atoms with Gasteiger partial charge in [0.2, 0.25) is 5.43 Å². The maximum absolute atomic E-state index is 13.0. The molecule has 0 spiro atoms. The normalized spacial score (nSPS) is 20.9. The second kappa shape index (κ2) is 9.24. The standard InChI is InChI=1S/C24H25N3O4/c1-2-17-10-16(28)11-22(31-17)18-8-9-25-14-21(18)27-24(30)20-13-26-12-19(23(20)29)15-6-4-3-5-7-15/h3-9,12-14,16-17,22,28H,2,10-11H2,1H3,(H,26,29)(H,27,30). The van der Waals surface area contributed by atoms with Gasteiger partial charge in [-0.1, -0.05) is 37.3 Å². The molecule has 3 atom stereocenters. The molecule has 1 amide bonds. The van der Waals surface area contributed by atoms with E-state index < -0.39 is 12.0 Å². The third kappa shape index (κ3) is 4.57. The second-order valence-electron chi connectivity index (χ2n) is 7.68. The lowest BCUT2D eigenvalue weighted by molar-refractivity contribution is -0.0980. The molecule has 0 aliphatic carbocycles. The molecule has 2 aromatic heterocycles. The number of hydrogen-bond donors (Lipinski definition) is 3. The van der Waals surface area contributed by atoms with Crippen LogP contribution in [-0.2, 0) is 4.74 Å². The zero-order valence-electron chi connectivity index (χ0n) is 17.2. The van der Waals surface area contributed by atoms with E-state index >= 15 is 0 Å². The topological polar surface area (TPSA) is 104 Å². The van der Waals surface area contributed by atoms with E-state index in [0.29, 0.717) is 24.1 Å². The van der Waals surface area contributed by atoms with Gasteiger partial charge in [0.25, 0.3) is 5.91 Å². The summed E-state index contributed by atoms with van der Waals surface area (Å²) >= 11 is 0. The van der Waals surface area contributed by atoms with Gasteiger partial charge >= 0.3 is 0 Å². The fraction of sp³-hybridized carbons (Fsp3) is 0.292. The number of nitrogens with one attached hydrogen (secondary N) is 2. The van der Waals surface area contributed by atoms with Crippen LogP contribution in [0.25, 0.3) is 11.1 Å². The Hall–Kier alpha value is -3.29. The van der Waals surface area contributed by atoms with Crippen LogP contribution >= 0.6 is 0 Å². The molecule has 160 valence electrons. The van der Waals surface area contributed by atoms with Crippen molar-refractivity contribution in [1.82, 2.24) is 9.97 Å². The lowest BCUT2D eigenvalue weighted by Gasteiger charge is -2.33. The quantitative estimate of drug-likeness (QED) is 0.585. The van der Waals surface area contributed by atoms with Gasteiger partial charge < -0.3 is 20.1 Å². The molecule has 1 aliphatic heterocycles. The Kier molecular flexibility index (Phi) is 6.25. The Labute approximate surface area is 180 Å². The van der Waals surface area contributed by atoms with Gasteiger partial charge in [-0.3, -0.25) is 14.6 Å². The summed E-state index contributed by atoms with van der Waals surface area (Å²) in [7, 11) is 0. The number of benzene rings is 1. The molecule has 0 radical (unpaired) electrons. The van der Waals surface area contributed by atoms with E-state index in [2.05, 4.69) is 15.3 Å². The molecule has 31 heavy (non-hydrogen) atoms. The minimum atomic E-state index is -0.531. The first-order chi connectivity index (χ1) is 15.1. The van der Waals surface area contributed by atoms with Gasteiger partial charge in [0.05, 0.1) is 30.2 Å². The summed E-state index contributed by atoms with van der Waals surface area (Å²) in [5.74, 6) is -0.531. The van der Waals surface area contributed by atoms with Crippen LogP contribution in [0, 0.1) is 0 Å². The molecule has 0 saturated carbocycles. The van der Waals surface area contributed by atoms with Crippen molar-refractivity contribution >= 4 is 11.6 Å². The first kappa shape index (κ1) is 21.0.